The van der Waals surface area contributed by atoms with E-state index in [-0.39, 0.29) is 10.9 Å². The summed E-state index contributed by atoms with van der Waals surface area (Å²) in [5, 5.41) is 12.5. The van der Waals surface area contributed by atoms with Gasteiger partial charge in [0.2, 0.25) is 5.43 Å². The molecule has 0 spiro atoms. The monoisotopic (exact) mass is 397 g/mol. The van der Waals surface area contributed by atoms with Gasteiger partial charge in [-0.05, 0) is 28.9 Å². The SMILES string of the molecule is CCn1cc(C(=O)O)c(=O)c2cc(F)c(N3CCNCC3)c(Br)c21. The maximum atomic E-state index is 14.7. The number of nitrogens with zero attached hydrogens (tertiary/aromatic N) is 2. The largest absolute Gasteiger partial charge is 0.477 e. The molecule has 1 aromatic heterocycles. The average molecular weight is 398 g/mol. The highest BCUT2D eigenvalue weighted by Crippen LogP contribution is 2.36. The predicted molar refractivity (Wildman–Crippen MR) is 93.6 cm³/mol. The second-order valence-corrected chi connectivity index (χ2v) is 6.41. The smallest absolute Gasteiger partial charge is 0.341 e. The number of pyridine rings is 1. The Balaban J connectivity index is 2.34. The Bertz CT molecular complexity index is 875. The fourth-order valence-electron chi connectivity index (χ4n) is 3.06. The summed E-state index contributed by atoms with van der Waals surface area (Å²) in [6, 6.07) is 1.15. The van der Waals surface area contributed by atoms with Gasteiger partial charge in [0.15, 0.2) is 0 Å². The van der Waals surface area contributed by atoms with Crippen LogP contribution in [-0.2, 0) is 6.54 Å². The van der Waals surface area contributed by atoms with Crippen LogP contribution >= 0.6 is 15.9 Å². The lowest BCUT2D eigenvalue weighted by molar-refractivity contribution is 0.0695. The molecule has 0 aliphatic carbocycles. The summed E-state index contributed by atoms with van der Waals surface area (Å²) >= 11 is 3.45. The zero-order chi connectivity index (χ0) is 17.4. The number of aromatic nitrogens is 1. The van der Waals surface area contributed by atoms with E-state index < -0.39 is 17.2 Å². The number of hydrogen-bond acceptors (Lipinski definition) is 4. The van der Waals surface area contributed by atoms with Gasteiger partial charge in [0.05, 0.1) is 21.1 Å². The van der Waals surface area contributed by atoms with Crippen molar-refractivity contribution in [2.75, 3.05) is 31.1 Å². The molecule has 2 N–H and O–H groups in total. The number of carboxylic acids is 1. The van der Waals surface area contributed by atoms with Gasteiger partial charge in [-0.25, -0.2) is 9.18 Å². The third-order valence-corrected chi connectivity index (χ3v) is 4.99. The number of aryl methyl sites for hydroxylation is 1. The molecule has 0 radical (unpaired) electrons. The van der Waals surface area contributed by atoms with Gasteiger partial charge >= 0.3 is 5.97 Å². The molecule has 128 valence electrons. The fourth-order valence-corrected chi connectivity index (χ4v) is 3.94. The Morgan fingerprint density at radius 1 is 1.42 bits per heavy atom. The summed E-state index contributed by atoms with van der Waals surface area (Å²) in [5.74, 6) is -1.84. The highest BCUT2D eigenvalue weighted by Gasteiger charge is 2.24. The molecule has 2 aromatic rings. The van der Waals surface area contributed by atoms with Crippen LogP contribution < -0.4 is 15.6 Å². The van der Waals surface area contributed by atoms with Crippen LogP contribution in [0.15, 0.2) is 21.5 Å². The molecule has 6 nitrogen and oxygen atoms in total. The van der Waals surface area contributed by atoms with Crippen molar-refractivity contribution in [1.29, 1.82) is 0 Å². The number of carbonyl (C=O) groups is 1. The highest BCUT2D eigenvalue weighted by molar-refractivity contribution is 9.10. The zero-order valence-electron chi connectivity index (χ0n) is 13.1. The number of halogens is 2. The second kappa shape index (κ2) is 6.52. The van der Waals surface area contributed by atoms with E-state index in [4.69, 9.17) is 0 Å². The third kappa shape index (κ3) is 2.69. The summed E-state index contributed by atoms with van der Waals surface area (Å²) in [6.45, 7) is 5.12. The number of rotatable bonds is 3. The lowest BCUT2D eigenvalue weighted by Gasteiger charge is -2.31. The summed E-state index contributed by atoms with van der Waals surface area (Å²) in [5.41, 5.74) is -0.102. The summed E-state index contributed by atoms with van der Waals surface area (Å²) in [6.07, 6.45) is 1.32. The van der Waals surface area contributed by atoms with Gasteiger partial charge in [-0.15, -0.1) is 0 Å². The van der Waals surface area contributed by atoms with E-state index in [1.165, 1.54) is 6.20 Å². The van der Waals surface area contributed by atoms with Crippen LogP contribution in [0.25, 0.3) is 10.9 Å². The number of hydrogen-bond donors (Lipinski definition) is 2. The van der Waals surface area contributed by atoms with Crippen molar-refractivity contribution >= 4 is 38.5 Å². The molecule has 0 saturated carbocycles. The molecule has 2 heterocycles. The number of fused-ring (bicyclic) bond motifs is 1. The molecule has 0 unspecified atom stereocenters. The van der Waals surface area contributed by atoms with E-state index in [0.717, 1.165) is 19.2 Å². The van der Waals surface area contributed by atoms with Crippen LogP contribution in [0, 0.1) is 5.82 Å². The molecular formula is C16H17BrFN3O3. The van der Waals surface area contributed by atoms with E-state index in [2.05, 4.69) is 21.2 Å². The van der Waals surface area contributed by atoms with Gasteiger partial charge in [-0.1, -0.05) is 0 Å². The molecule has 8 heteroatoms. The summed E-state index contributed by atoms with van der Waals surface area (Å²) in [7, 11) is 0. The quantitative estimate of drug-likeness (QED) is 0.828. The van der Waals surface area contributed by atoms with Crippen molar-refractivity contribution in [3.63, 3.8) is 0 Å². The molecular weight excluding hydrogens is 381 g/mol. The normalized spacial score (nSPS) is 15.0. The third-order valence-electron chi connectivity index (χ3n) is 4.23. The second-order valence-electron chi connectivity index (χ2n) is 5.62. The Kier molecular flexibility index (Phi) is 4.60. The lowest BCUT2D eigenvalue weighted by Crippen LogP contribution is -2.44. The van der Waals surface area contributed by atoms with E-state index in [1.54, 1.807) is 4.57 Å². The first-order valence-corrected chi connectivity index (χ1v) is 8.49. The topological polar surface area (TPSA) is 74.6 Å². The highest BCUT2D eigenvalue weighted by atomic mass is 79.9. The van der Waals surface area contributed by atoms with E-state index in [9.17, 15) is 19.1 Å². The van der Waals surface area contributed by atoms with Crippen molar-refractivity contribution in [2.45, 2.75) is 13.5 Å². The molecule has 1 fully saturated rings. The molecule has 0 amide bonds. The number of benzene rings is 1. The zero-order valence-corrected chi connectivity index (χ0v) is 14.7. The van der Waals surface area contributed by atoms with Crippen molar-refractivity contribution in [3.8, 4) is 0 Å². The first-order valence-electron chi connectivity index (χ1n) is 7.69. The fraction of sp³-hybridized carbons (Fsp3) is 0.375. The van der Waals surface area contributed by atoms with Gasteiger partial charge in [-0.3, -0.25) is 4.79 Å². The molecule has 3 rings (SSSR count). The minimum atomic E-state index is -1.31. The maximum absolute atomic E-state index is 14.7. The number of anilines is 1. The summed E-state index contributed by atoms with van der Waals surface area (Å²) in [4.78, 5) is 25.6. The van der Waals surface area contributed by atoms with Crippen molar-refractivity contribution < 1.29 is 14.3 Å². The Morgan fingerprint density at radius 2 is 2.08 bits per heavy atom. The van der Waals surface area contributed by atoms with E-state index in [1.807, 2.05) is 11.8 Å². The predicted octanol–water partition coefficient (Wildman–Crippen LogP) is 2.03. The minimum absolute atomic E-state index is 0.0695. The van der Waals surface area contributed by atoms with Crippen molar-refractivity contribution in [1.82, 2.24) is 9.88 Å². The van der Waals surface area contributed by atoms with Crippen LogP contribution in [0.3, 0.4) is 0 Å². The number of aromatic carboxylic acids is 1. The van der Waals surface area contributed by atoms with Crippen LogP contribution in [-0.4, -0.2) is 41.8 Å². The lowest BCUT2D eigenvalue weighted by atomic mass is 10.1. The molecule has 24 heavy (non-hydrogen) atoms. The number of piperazine rings is 1. The van der Waals surface area contributed by atoms with Gasteiger partial charge in [-0.2, -0.15) is 0 Å². The van der Waals surface area contributed by atoms with Crippen LogP contribution in [0.1, 0.15) is 17.3 Å². The Labute approximate surface area is 146 Å². The molecule has 0 bridgehead atoms. The first-order chi connectivity index (χ1) is 11.5. The maximum Gasteiger partial charge on any atom is 0.341 e. The van der Waals surface area contributed by atoms with E-state index >= 15 is 0 Å². The van der Waals surface area contributed by atoms with Gasteiger partial charge in [0, 0.05) is 38.9 Å². The van der Waals surface area contributed by atoms with Crippen molar-refractivity contribution in [2.24, 2.45) is 0 Å². The van der Waals surface area contributed by atoms with Gasteiger partial charge in [0.1, 0.15) is 11.4 Å². The molecule has 1 aliphatic rings. The first kappa shape index (κ1) is 16.9. The van der Waals surface area contributed by atoms with Crippen LogP contribution in [0.2, 0.25) is 0 Å². The standard InChI is InChI=1S/C16H17BrFN3O3/c1-2-20-8-10(16(23)24)15(22)9-7-11(18)14(12(17)13(9)20)21-5-3-19-4-6-21/h7-8,19H,2-6H2,1H3,(H,23,24). The summed E-state index contributed by atoms with van der Waals surface area (Å²) < 4.78 is 16.9. The van der Waals surface area contributed by atoms with Gasteiger partial charge < -0.3 is 19.9 Å². The Morgan fingerprint density at radius 3 is 2.67 bits per heavy atom. The van der Waals surface area contributed by atoms with Crippen LogP contribution in [0.5, 0.6) is 0 Å². The number of nitrogens with one attached hydrogen (secondary N) is 1. The molecule has 0 atom stereocenters. The van der Waals surface area contributed by atoms with E-state index in [0.29, 0.717) is 35.3 Å². The minimum Gasteiger partial charge on any atom is -0.477 e. The molecule has 1 aliphatic heterocycles. The van der Waals surface area contributed by atoms with Gasteiger partial charge in [0.25, 0.3) is 0 Å². The Hall–Kier alpha value is -1.93. The van der Waals surface area contributed by atoms with Crippen molar-refractivity contribution in [3.05, 3.63) is 38.3 Å². The molecule has 1 saturated heterocycles. The van der Waals surface area contributed by atoms with Crippen LogP contribution in [0.4, 0.5) is 10.1 Å². The number of carboxylic acid groups (broad SMARTS) is 1. The molecule has 1 aromatic carbocycles. The average Bonchev–Trinajstić information content (AvgIpc) is 2.56.